The zero-order valence-corrected chi connectivity index (χ0v) is 9.05. The highest BCUT2D eigenvalue weighted by Gasteiger charge is 2.02. The van der Waals surface area contributed by atoms with Gasteiger partial charge in [-0.05, 0) is 12.1 Å². The lowest BCUT2D eigenvalue weighted by Crippen LogP contribution is -2.23. The van der Waals surface area contributed by atoms with Gasteiger partial charge in [-0.25, -0.2) is 9.59 Å². The molecule has 0 aliphatic rings. The second kappa shape index (κ2) is 6.44. The number of ether oxygens (including phenoxy) is 1. The molecule has 0 aromatic carbocycles. The third-order valence-corrected chi connectivity index (χ3v) is 1.90. The Morgan fingerprint density at radius 2 is 2.24 bits per heavy atom. The lowest BCUT2D eigenvalue weighted by Gasteiger charge is -2.04. The summed E-state index contributed by atoms with van der Waals surface area (Å²) in [7, 11) is 0. The van der Waals surface area contributed by atoms with E-state index < -0.39 is 12.1 Å². The van der Waals surface area contributed by atoms with Gasteiger partial charge in [-0.15, -0.1) is 0 Å². The molecule has 17 heavy (non-hydrogen) atoms. The van der Waals surface area contributed by atoms with Crippen LogP contribution in [0.4, 0.5) is 4.79 Å². The summed E-state index contributed by atoms with van der Waals surface area (Å²) >= 11 is 0. The molecule has 0 saturated carbocycles. The number of primary amides is 1. The van der Waals surface area contributed by atoms with E-state index in [0.29, 0.717) is 18.8 Å². The quantitative estimate of drug-likeness (QED) is 0.600. The van der Waals surface area contributed by atoms with Crippen LogP contribution in [0.3, 0.4) is 0 Å². The van der Waals surface area contributed by atoms with Crippen molar-refractivity contribution in [2.75, 3.05) is 13.2 Å². The van der Waals surface area contributed by atoms with Crippen LogP contribution < -0.4 is 11.1 Å². The van der Waals surface area contributed by atoms with Gasteiger partial charge in [0.1, 0.15) is 6.61 Å². The smallest absolute Gasteiger partial charge is 0.404 e. The number of aromatic nitrogens is 1. The lowest BCUT2D eigenvalue weighted by atomic mass is 10.2. The molecule has 7 nitrogen and oxygen atoms in total. The van der Waals surface area contributed by atoms with Gasteiger partial charge in [-0.3, -0.25) is 4.98 Å². The van der Waals surface area contributed by atoms with Gasteiger partial charge in [0.05, 0.1) is 11.3 Å². The number of hydrogen-bond donors (Lipinski definition) is 3. The maximum absolute atomic E-state index is 10.6. The molecule has 0 fully saturated rings. The Kier molecular flexibility index (Phi) is 4.89. The largest absolute Gasteiger partial charge is 0.478 e. The SMILES string of the molecule is NC(=O)OCCNCc1ccc(C(=O)O)cn1. The zero-order valence-electron chi connectivity index (χ0n) is 9.05. The van der Waals surface area contributed by atoms with Crippen LogP contribution in [0.25, 0.3) is 0 Å². The van der Waals surface area contributed by atoms with E-state index in [4.69, 9.17) is 10.8 Å². The zero-order chi connectivity index (χ0) is 12.7. The van der Waals surface area contributed by atoms with Crippen molar-refractivity contribution in [3.63, 3.8) is 0 Å². The van der Waals surface area contributed by atoms with Crippen molar-refractivity contribution in [1.29, 1.82) is 0 Å². The Morgan fingerprint density at radius 3 is 2.76 bits per heavy atom. The van der Waals surface area contributed by atoms with E-state index in [1.807, 2.05) is 0 Å². The van der Waals surface area contributed by atoms with Gasteiger partial charge < -0.3 is 20.9 Å². The number of pyridine rings is 1. The van der Waals surface area contributed by atoms with E-state index in [1.165, 1.54) is 12.3 Å². The average molecular weight is 239 g/mol. The molecule has 0 unspecified atom stereocenters. The first kappa shape index (κ1) is 12.9. The highest BCUT2D eigenvalue weighted by atomic mass is 16.5. The predicted octanol–water partition coefficient (Wildman–Crippen LogP) is -0.0353. The minimum absolute atomic E-state index is 0.144. The van der Waals surface area contributed by atoms with E-state index in [2.05, 4.69) is 15.0 Å². The Bertz CT molecular complexity index is 391. The van der Waals surface area contributed by atoms with Crippen LogP contribution in [0.15, 0.2) is 18.3 Å². The monoisotopic (exact) mass is 239 g/mol. The standard InChI is InChI=1S/C10H13N3O4/c11-10(16)17-4-3-12-6-8-2-1-7(5-13-8)9(14)15/h1-2,5,12H,3-4,6H2,(H2,11,16)(H,14,15). The van der Waals surface area contributed by atoms with Gasteiger partial charge in [0, 0.05) is 19.3 Å². The highest BCUT2D eigenvalue weighted by molar-refractivity contribution is 5.87. The first-order valence-corrected chi connectivity index (χ1v) is 4.91. The Hall–Kier alpha value is -2.15. The molecule has 0 spiro atoms. The number of nitrogens with zero attached hydrogens (tertiary/aromatic N) is 1. The number of rotatable bonds is 6. The second-order valence-electron chi connectivity index (χ2n) is 3.19. The molecule has 0 bridgehead atoms. The molecule has 7 heteroatoms. The lowest BCUT2D eigenvalue weighted by molar-refractivity contribution is 0.0696. The molecule has 1 aromatic heterocycles. The summed E-state index contributed by atoms with van der Waals surface area (Å²) in [6.45, 7) is 1.09. The summed E-state index contributed by atoms with van der Waals surface area (Å²) in [4.78, 5) is 24.8. The molecule has 4 N–H and O–H groups in total. The molecule has 1 amide bonds. The fraction of sp³-hybridized carbons (Fsp3) is 0.300. The fourth-order valence-electron chi connectivity index (χ4n) is 1.10. The van der Waals surface area contributed by atoms with E-state index in [1.54, 1.807) is 6.07 Å². The van der Waals surface area contributed by atoms with Crippen molar-refractivity contribution in [3.05, 3.63) is 29.6 Å². The van der Waals surface area contributed by atoms with Crippen LogP contribution in [0, 0.1) is 0 Å². The van der Waals surface area contributed by atoms with Crippen LogP contribution in [-0.4, -0.2) is 35.3 Å². The van der Waals surface area contributed by atoms with E-state index >= 15 is 0 Å². The number of carbonyl (C=O) groups excluding carboxylic acids is 1. The van der Waals surface area contributed by atoms with Crippen LogP contribution in [0.1, 0.15) is 16.1 Å². The van der Waals surface area contributed by atoms with Crippen LogP contribution in [0.2, 0.25) is 0 Å². The molecule has 1 rings (SSSR count). The van der Waals surface area contributed by atoms with E-state index in [9.17, 15) is 9.59 Å². The summed E-state index contributed by atoms with van der Waals surface area (Å²) in [6.07, 6.45) is 0.481. The number of nitrogens with one attached hydrogen (secondary N) is 1. The van der Waals surface area contributed by atoms with E-state index in [0.717, 1.165) is 0 Å². The summed E-state index contributed by atoms with van der Waals surface area (Å²) < 4.78 is 4.51. The third-order valence-electron chi connectivity index (χ3n) is 1.90. The average Bonchev–Trinajstić information content (AvgIpc) is 2.29. The van der Waals surface area contributed by atoms with E-state index in [-0.39, 0.29) is 12.2 Å². The molecule has 0 radical (unpaired) electrons. The maximum atomic E-state index is 10.6. The molecule has 92 valence electrons. The first-order valence-electron chi connectivity index (χ1n) is 4.91. The number of amides is 1. The van der Waals surface area contributed by atoms with Crippen LogP contribution in [0.5, 0.6) is 0 Å². The molecule has 0 atom stereocenters. The van der Waals surface area contributed by atoms with Gasteiger partial charge in [0.2, 0.25) is 0 Å². The predicted molar refractivity (Wildman–Crippen MR) is 58.4 cm³/mol. The topological polar surface area (TPSA) is 115 Å². The van der Waals surface area contributed by atoms with Crippen molar-refractivity contribution < 1.29 is 19.4 Å². The molecule has 1 heterocycles. The van der Waals surface area contributed by atoms with Gasteiger partial charge >= 0.3 is 12.1 Å². The van der Waals surface area contributed by atoms with Gasteiger partial charge in [0.15, 0.2) is 0 Å². The summed E-state index contributed by atoms with van der Waals surface area (Å²) in [5, 5.41) is 11.6. The molecule has 0 saturated heterocycles. The maximum Gasteiger partial charge on any atom is 0.404 e. The normalized spacial score (nSPS) is 9.88. The molecule has 0 aliphatic heterocycles. The first-order chi connectivity index (χ1) is 8.09. The second-order valence-corrected chi connectivity index (χ2v) is 3.19. The molecule has 1 aromatic rings. The minimum Gasteiger partial charge on any atom is -0.478 e. The van der Waals surface area contributed by atoms with Crippen molar-refractivity contribution in [3.8, 4) is 0 Å². The molecule has 0 aliphatic carbocycles. The summed E-state index contributed by atoms with van der Waals surface area (Å²) in [5.41, 5.74) is 5.62. The van der Waals surface area contributed by atoms with Crippen molar-refractivity contribution in [1.82, 2.24) is 10.3 Å². The number of nitrogens with two attached hydrogens (primary N) is 1. The van der Waals surface area contributed by atoms with Crippen LogP contribution >= 0.6 is 0 Å². The van der Waals surface area contributed by atoms with Crippen molar-refractivity contribution in [2.45, 2.75) is 6.54 Å². The molecular weight excluding hydrogens is 226 g/mol. The summed E-state index contributed by atoms with van der Waals surface area (Å²) in [5.74, 6) is -1.01. The highest BCUT2D eigenvalue weighted by Crippen LogP contribution is 1.99. The number of hydrogen-bond acceptors (Lipinski definition) is 5. The van der Waals surface area contributed by atoms with Gasteiger partial charge in [-0.1, -0.05) is 0 Å². The van der Waals surface area contributed by atoms with Crippen molar-refractivity contribution >= 4 is 12.1 Å². The Balaban J connectivity index is 2.27. The van der Waals surface area contributed by atoms with Crippen LogP contribution in [-0.2, 0) is 11.3 Å². The summed E-state index contributed by atoms with van der Waals surface area (Å²) in [6, 6.07) is 3.09. The fourth-order valence-corrected chi connectivity index (χ4v) is 1.10. The number of carbonyl (C=O) groups is 2. The molecular formula is C10H13N3O4. The number of aromatic carboxylic acids is 1. The van der Waals surface area contributed by atoms with Crippen molar-refractivity contribution in [2.24, 2.45) is 5.73 Å². The number of carboxylic acid groups (broad SMARTS) is 1. The minimum atomic E-state index is -1.01. The number of carboxylic acids is 1. The Morgan fingerprint density at radius 1 is 1.47 bits per heavy atom. The Labute approximate surface area is 97.6 Å². The van der Waals surface area contributed by atoms with Gasteiger partial charge in [-0.2, -0.15) is 0 Å². The van der Waals surface area contributed by atoms with Gasteiger partial charge in [0.25, 0.3) is 0 Å². The third kappa shape index (κ3) is 4.94.